The molecule has 2 aromatic rings. The van der Waals surface area contributed by atoms with Gasteiger partial charge in [0.05, 0.1) is 0 Å². The van der Waals surface area contributed by atoms with Crippen molar-refractivity contribution in [2.45, 2.75) is 92.9 Å². The van der Waals surface area contributed by atoms with Gasteiger partial charge in [0.2, 0.25) is 0 Å². The van der Waals surface area contributed by atoms with Crippen LogP contribution in [0.4, 0.5) is 0 Å². The van der Waals surface area contributed by atoms with E-state index in [1.807, 2.05) is 6.92 Å². The third-order valence-corrected chi connectivity index (χ3v) is 6.02. The fourth-order valence-electron chi connectivity index (χ4n) is 4.03. The topological polar surface area (TPSA) is 17.1 Å². The number of allylic oxidation sites excluding steroid dienone is 4. The minimum absolute atomic E-state index is 0.109. The Hall–Kier alpha value is -2.41. The van der Waals surface area contributed by atoms with Crippen LogP contribution >= 0.6 is 0 Å². The zero-order chi connectivity index (χ0) is 23.9. The number of unbranched alkanes of at least 4 members (excludes halogenated alkanes) is 1. The number of ketones is 1. The van der Waals surface area contributed by atoms with Gasteiger partial charge in [0.25, 0.3) is 0 Å². The van der Waals surface area contributed by atoms with Crippen LogP contribution in [0.2, 0.25) is 0 Å². The van der Waals surface area contributed by atoms with Crippen LogP contribution in [0.25, 0.3) is 5.57 Å². The molecule has 0 amide bonds. The number of carbonyl (C=O) groups is 1. The summed E-state index contributed by atoms with van der Waals surface area (Å²) in [4.78, 5) is 9.96. The van der Waals surface area contributed by atoms with E-state index < -0.39 is 0 Å². The molecule has 0 fully saturated rings. The fourth-order valence-corrected chi connectivity index (χ4v) is 4.03. The molecule has 32 heavy (non-hydrogen) atoms. The number of aryl methyl sites for hydroxylation is 2. The minimum atomic E-state index is 0.109. The fraction of sp³-hybridized carbons (Fsp3) is 0.452. The van der Waals surface area contributed by atoms with E-state index in [0.717, 1.165) is 6.42 Å². The molecule has 174 valence electrons. The highest BCUT2D eigenvalue weighted by molar-refractivity contribution is 5.87. The van der Waals surface area contributed by atoms with Crippen LogP contribution in [0, 0.1) is 6.92 Å². The first-order valence-electron chi connectivity index (χ1n) is 12.4. The Labute approximate surface area is 197 Å². The molecule has 1 heteroatoms. The lowest BCUT2D eigenvalue weighted by molar-refractivity contribution is -0.112. The van der Waals surface area contributed by atoms with Gasteiger partial charge in [0.15, 0.2) is 5.78 Å². The molecule has 1 aliphatic rings. The Morgan fingerprint density at radius 3 is 2.09 bits per heavy atom. The molecule has 0 saturated heterocycles. The standard InChI is InChI=1S/C22H26.C5H8O.C4H10/c1-4-18-8-5-6-9-22(18)21-11-7-10-20(17(21)3)19-14-12-16(2)13-15-19;1-3-4-5(2)6;1-3-4-2/h5-6,8-9,12-15,20H,4,7,10-11H2,1-3H3;3-4H,1-2H3;3-4H2,1-2H3/b;4-3+;. The molecule has 2 aromatic carbocycles. The molecule has 0 spiro atoms. The Kier molecular flexibility index (Phi) is 13.3. The predicted molar refractivity (Wildman–Crippen MR) is 142 cm³/mol. The first-order valence-corrected chi connectivity index (χ1v) is 12.4. The van der Waals surface area contributed by atoms with Gasteiger partial charge >= 0.3 is 0 Å². The van der Waals surface area contributed by atoms with Crippen molar-refractivity contribution in [2.75, 3.05) is 0 Å². The molecule has 0 radical (unpaired) electrons. The molecule has 0 bridgehead atoms. The second kappa shape index (κ2) is 15.4. The van der Waals surface area contributed by atoms with Crippen molar-refractivity contribution in [1.29, 1.82) is 0 Å². The molecule has 1 atom stereocenters. The molecule has 0 aromatic heterocycles. The van der Waals surface area contributed by atoms with E-state index in [0.29, 0.717) is 5.92 Å². The second-order valence-corrected chi connectivity index (χ2v) is 8.64. The van der Waals surface area contributed by atoms with E-state index in [4.69, 9.17) is 0 Å². The molecule has 1 aliphatic carbocycles. The largest absolute Gasteiger partial charge is 0.295 e. The zero-order valence-electron chi connectivity index (χ0n) is 21.5. The Balaban J connectivity index is 0.000000432. The van der Waals surface area contributed by atoms with E-state index in [1.54, 1.807) is 17.2 Å². The van der Waals surface area contributed by atoms with Gasteiger partial charge in [-0.3, -0.25) is 4.79 Å². The number of carbonyl (C=O) groups excluding carboxylic acids is 1. The summed E-state index contributed by atoms with van der Waals surface area (Å²) >= 11 is 0. The molecular formula is C31H44O. The van der Waals surface area contributed by atoms with Crippen molar-refractivity contribution in [3.63, 3.8) is 0 Å². The minimum Gasteiger partial charge on any atom is -0.295 e. The Bertz CT molecular complexity index is 866. The maximum atomic E-state index is 9.96. The number of hydrogen-bond donors (Lipinski definition) is 0. The molecule has 0 aliphatic heterocycles. The summed E-state index contributed by atoms with van der Waals surface area (Å²) in [5.41, 5.74) is 8.97. The molecule has 0 heterocycles. The molecule has 0 N–H and O–H groups in total. The van der Waals surface area contributed by atoms with Crippen LogP contribution in [-0.2, 0) is 11.2 Å². The first kappa shape index (κ1) is 27.6. The Morgan fingerprint density at radius 2 is 1.59 bits per heavy atom. The smallest absolute Gasteiger partial charge is 0.152 e. The maximum Gasteiger partial charge on any atom is 0.152 e. The average molecular weight is 433 g/mol. The van der Waals surface area contributed by atoms with E-state index in [9.17, 15) is 4.79 Å². The van der Waals surface area contributed by atoms with Gasteiger partial charge in [-0.05, 0) is 81.7 Å². The van der Waals surface area contributed by atoms with Crippen molar-refractivity contribution < 1.29 is 4.79 Å². The van der Waals surface area contributed by atoms with Gasteiger partial charge in [-0.1, -0.05) is 99.4 Å². The molecule has 1 unspecified atom stereocenters. The van der Waals surface area contributed by atoms with Crippen LogP contribution in [-0.4, -0.2) is 5.78 Å². The third-order valence-electron chi connectivity index (χ3n) is 6.02. The van der Waals surface area contributed by atoms with Crippen molar-refractivity contribution in [3.05, 3.63) is 88.5 Å². The summed E-state index contributed by atoms with van der Waals surface area (Å²) in [5.74, 6) is 0.701. The highest BCUT2D eigenvalue weighted by atomic mass is 16.1. The molecule has 1 nitrogen and oxygen atoms in total. The SMILES string of the molecule is C/C=C/C(C)=O.CCCC.CCc1ccccc1C1=C(C)C(c2ccc(C)cc2)CCC1. The summed E-state index contributed by atoms with van der Waals surface area (Å²) in [6, 6.07) is 18.1. The zero-order valence-corrected chi connectivity index (χ0v) is 21.5. The summed E-state index contributed by atoms with van der Waals surface area (Å²) in [7, 11) is 0. The number of rotatable bonds is 5. The Morgan fingerprint density at radius 1 is 0.969 bits per heavy atom. The van der Waals surface area contributed by atoms with Crippen LogP contribution in [0.3, 0.4) is 0 Å². The average Bonchev–Trinajstić information content (AvgIpc) is 2.80. The summed E-state index contributed by atoms with van der Waals surface area (Å²) in [5, 5.41) is 0. The lowest BCUT2D eigenvalue weighted by Crippen LogP contribution is -2.09. The van der Waals surface area contributed by atoms with Crippen LogP contribution < -0.4 is 0 Å². The summed E-state index contributed by atoms with van der Waals surface area (Å²) in [6.07, 6.45) is 10.8. The summed E-state index contributed by atoms with van der Waals surface area (Å²) in [6.45, 7) is 14.5. The normalized spacial score (nSPS) is 15.5. The van der Waals surface area contributed by atoms with Crippen LogP contribution in [0.15, 0.2) is 66.3 Å². The van der Waals surface area contributed by atoms with Gasteiger partial charge in [0.1, 0.15) is 0 Å². The van der Waals surface area contributed by atoms with Gasteiger partial charge in [0, 0.05) is 5.92 Å². The third kappa shape index (κ3) is 8.99. The van der Waals surface area contributed by atoms with E-state index >= 15 is 0 Å². The van der Waals surface area contributed by atoms with Gasteiger partial charge in [-0.25, -0.2) is 0 Å². The van der Waals surface area contributed by atoms with Gasteiger partial charge in [-0.15, -0.1) is 0 Å². The van der Waals surface area contributed by atoms with Gasteiger partial charge in [-0.2, -0.15) is 0 Å². The van der Waals surface area contributed by atoms with Crippen molar-refractivity contribution in [3.8, 4) is 0 Å². The van der Waals surface area contributed by atoms with E-state index in [1.165, 1.54) is 67.4 Å². The van der Waals surface area contributed by atoms with Crippen molar-refractivity contribution in [1.82, 2.24) is 0 Å². The second-order valence-electron chi connectivity index (χ2n) is 8.64. The number of hydrogen-bond acceptors (Lipinski definition) is 1. The monoisotopic (exact) mass is 432 g/mol. The van der Waals surface area contributed by atoms with Crippen molar-refractivity contribution in [2.24, 2.45) is 0 Å². The van der Waals surface area contributed by atoms with Crippen LogP contribution in [0.5, 0.6) is 0 Å². The lowest BCUT2D eigenvalue weighted by atomic mass is 9.76. The summed E-state index contributed by atoms with van der Waals surface area (Å²) < 4.78 is 0. The first-order chi connectivity index (χ1) is 15.4. The highest BCUT2D eigenvalue weighted by Gasteiger charge is 2.23. The maximum absolute atomic E-state index is 9.96. The molecular weight excluding hydrogens is 388 g/mol. The van der Waals surface area contributed by atoms with Crippen LogP contribution in [0.1, 0.15) is 102 Å². The quantitative estimate of drug-likeness (QED) is 0.430. The molecule has 3 rings (SSSR count). The highest BCUT2D eigenvalue weighted by Crippen LogP contribution is 2.42. The number of benzene rings is 2. The van der Waals surface area contributed by atoms with Gasteiger partial charge < -0.3 is 0 Å². The van der Waals surface area contributed by atoms with E-state index in [2.05, 4.69) is 83.1 Å². The predicted octanol–water partition coefficient (Wildman–Crippen LogP) is 9.26. The van der Waals surface area contributed by atoms with E-state index in [-0.39, 0.29) is 5.78 Å². The lowest BCUT2D eigenvalue weighted by Gasteiger charge is -2.28. The molecule has 0 saturated carbocycles. The van der Waals surface area contributed by atoms with Crippen molar-refractivity contribution >= 4 is 11.4 Å².